The summed E-state index contributed by atoms with van der Waals surface area (Å²) in [5.74, 6) is 0.964. The second-order valence-electron chi connectivity index (χ2n) is 4.24. The van der Waals surface area contributed by atoms with Gasteiger partial charge in [0.05, 0.1) is 0 Å². The van der Waals surface area contributed by atoms with Crippen molar-refractivity contribution in [3.63, 3.8) is 0 Å². The lowest BCUT2D eigenvalue weighted by Gasteiger charge is -2.23. The maximum absolute atomic E-state index is 10.6. The van der Waals surface area contributed by atoms with Gasteiger partial charge in [-0.25, -0.2) is 4.79 Å². The predicted molar refractivity (Wildman–Crippen MR) is 60.9 cm³/mol. The lowest BCUT2D eigenvalue weighted by atomic mass is 9.84. The van der Waals surface area contributed by atoms with E-state index in [4.69, 9.17) is 9.84 Å². The molecule has 0 unspecified atom stereocenters. The van der Waals surface area contributed by atoms with Crippen LogP contribution in [0.15, 0.2) is 24.3 Å². The fraction of sp³-hybridized carbons (Fsp3) is 0.462. The number of hydrogen-bond donors (Lipinski definition) is 1. The van der Waals surface area contributed by atoms with Gasteiger partial charge in [0.1, 0.15) is 5.75 Å². The molecule has 0 atom stereocenters. The highest BCUT2D eigenvalue weighted by Gasteiger charge is 2.19. The summed E-state index contributed by atoms with van der Waals surface area (Å²) in [4.78, 5) is 10.6. The number of carboxylic acid groups (broad SMARTS) is 1. The van der Waals surface area contributed by atoms with Crippen LogP contribution in [0.25, 0.3) is 0 Å². The van der Waals surface area contributed by atoms with Crippen LogP contribution in [0, 0.1) is 0 Å². The molecule has 1 aliphatic carbocycles. The number of para-hydroxylation sites is 1. The van der Waals surface area contributed by atoms with E-state index in [2.05, 4.69) is 0 Å². The van der Waals surface area contributed by atoms with E-state index in [1.54, 1.807) is 6.07 Å². The molecule has 0 saturated heterocycles. The van der Waals surface area contributed by atoms with Gasteiger partial charge in [0.2, 0.25) is 0 Å². The van der Waals surface area contributed by atoms with E-state index in [1.165, 1.54) is 19.3 Å². The summed E-state index contributed by atoms with van der Waals surface area (Å²) in [6.07, 6.45) is 4.79. The van der Waals surface area contributed by atoms with E-state index in [-0.39, 0.29) is 0 Å². The van der Waals surface area contributed by atoms with Crippen molar-refractivity contribution in [3.05, 3.63) is 29.8 Å². The van der Waals surface area contributed by atoms with Crippen LogP contribution < -0.4 is 4.74 Å². The smallest absolute Gasteiger partial charge is 0.449 e. The number of benzene rings is 1. The monoisotopic (exact) mass is 220 g/mol. The SMILES string of the molecule is O=C(O)Oc1ccccc1C1CCCCC1. The van der Waals surface area contributed by atoms with E-state index >= 15 is 0 Å². The molecule has 0 bridgehead atoms. The standard InChI is InChI=1S/C13H16O3/c14-13(15)16-12-9-5-4-8-11(12)10-6-2-1-3-7-10/h4-5,8-10H,1-3,6-7H2,(H,14,15). The van der Waals surface area contributed by atoms with Crippen molar-refractivity contribution in [2.75, 3.05) is 0 Å². The molecule has 86 valence electrons. The number of hydrogen-bond acceptors (Lipinski definition) is 2. The largest absolute Gasteiger partial charge is 0.511 e. The van der Waals surface area contributed by atoms with Crippen LogP contribution in [0.2, 0.25) is 0 Å². The van der Waals surface area contributed by atoms with Crippen LogP contribution in [-0.2, 0) is 0 Å². The predicted octanol–water partition coefficient (Wildman–Crippen LogP) is 3.79. The van der Waals surface area contributed by atoms with Gasteiger partial charge in [-0.15, -0.1) is 0 Å². The molecule has 0 amide bonds. The Morgan fingerprint density at radius 2 is 1.88 bits per heavy atom. The van der Waals surface area contributed by atoms with Crippen LogP contribution in [0.5, 0.6) is 5.75 Å². The van der Waals surface area contributed by atoms with Gasteiger partial charge in [-0.05, 0) is 30.4 Å². The summed E-state index contributed by atoms with van der Waals surface area (Å²) in [7, 11) is 0. The Morgan fingerprint density at radius 3 is 2.56 bits per heavy atom. The van der Waals surface area contributed by atoms with E-state index in [0.29, 0.717) is 11.7 Å². The summed E-state index contributed by atoms with van der Waals surface area (Å²) >= 11 is 0. The van der Waals surface area contributed by atoms with Crippen molar-refractivity contribution in [3.8, 4) is 5.75 Å². The molecule has 1 aromatic rings. The molecule has 0 radical (unpaired) electrons. The van der Waals surface area contributed by atoms with Gasteiger partial charge in [0.15, 0.2) is 0 Å². The van der Waals surface area contributed by atoms with Crippen LogP contribution in [0.1, 0.15) is 43.6 Å². The third-order valence-electron chi connectivity index (χ3n) is 3.16. The first-order chi connectivity index (χ1) is 7.77. The molecule has 1 fully saturated rings. The molecular formula is C13H16O3. The zero-order valence-corrected chi connectivity index (χ0v) is 9.19. The molecule has 0 heterocycles. The van der Waals surface area contributed by atoms with Crippen molar-refractivity contribution >= 4 is 6.16 Å². The van der Waals surface area contributed by atoms with Crippen LogP contribution >= 0.6 is 0 Å². The molecular weight excluding hydrogens is 204 g/mol. The summed E-state index contributed by atoms with van der Waals surface area (Å²) in [5, 5.41) is 8.67. The first-order valence-electron chi connectivity index (χ1n) is 5.77. The molecule has 0 aliphatic heterocycles. The highest BCUT2D eigenvalue weighted by atomic mass is 16.7. The Morgan fingerprint density at radius 1 is 1.19 bits per heavy atom. The Labute approximate surface area is 95.0 Å². The fourth-order valence-corrected chi connectivity index (χ4v) is 2.42. The van der Waals surface area contributed by atoms with Gasteiger partial charge < -0.3 is 9.84 Å². The van der Waals surface area contributed by atoms with Crippen LogP contribution in [0.4, 0.5) is 4.79 Å². The Hall–Kier alpha value is -1.51. The van der Waals surface area contributed by atoms with Crippen LogP contribution in [0.3, 0.4) is 0 Å². The summed E-state index contributed by atoms with van der Waals surface area (Å²) in [6, 6.07) is 7.47. The minimum Gasteiger partial charge on any atom is -0.449 e. The van der Waals surface area contributed by atoms with Gasteiger partial charge in [0.25, 0.3) is 0 Å². The highest BCUT2D eigenvalue weighted by molar-refractivity contribution is 5.62. The van der Waals surface area contributed by atoms with Crippen molar-refractivity contribution in [1.82, 2.24) is 0 Å². The third kappa shape index (κ3) is 2.54. The lowest BCUT2D eigenvalue weighted by molar-refractivity contribution is 0.143. The van der Waals surface area contributed by atoms with Crippen molar-refractivity contribution in [2.45, 2.75) is 38.0 Å². The average Bonchev–Trinajstić information content (AvgIpc) is 2.30. The first kappa shape index (κ1) is 11.0. The maximum Gasteiger partial charge on any atom is 0.511 e. The number of ether oxygens (including phenoxy) is 1. The molecule has 0 spiro atoms. The Kier molecular flexibility index (Phi) is 3.44. The summed E-state index contributed by atoms with van der Waals surface area (Å²) < 4.78 is 4.82. The van der Waals surface area contributed by atoms with E-state index in [1.807, 2.05) is 18.2 Å². The molecule has 1 saturated carbocycles. The molecule has 3 heteroatoms. The second kappa shape index (κ2) is 5.01. The minimum absolute atomic E-state index is 0.462. The van der Waals surface area contributed by atoms with Crippen LogP contribution in [-0.4, -0.2) is 11.3 Å². The van der Waals surface area contributed by atoms with E-state index in [0.717, 1.165) is 18.4 Å². The van der Waals surface area contributed by atoms with Gasteiger partial charge in [-0.1, -0.05) is 37.5 Å². The van der Waals surface area contributed by atoms with Gasteiger partial charge in [-0.3, -0.25) is 0 Å². The van der Waals surface area contributed by atoms with Crippen molar-refractivity contribution in [2.24, 2.45) is 0 Å². The quantitative estimate of drug-likeness (QED) is 0.609. The molecule has 1 N–H and O–H groups in total. The molecule has 3 nitrogen and oxygen atoms in total. The Balaban J connectivity index is 2.20. The Bertz CT molecular complexity index is 367. The lowest BCUT2D eigenvalue weighted by Crippen LogP contribution is -2.09. The van der Waals surface area contributed by atoms with Crippen molar-refractivity contribution in [1.29, 1.82) is 0 Å². The zero-order chi connectivity index (χ0) is 11.4. The van der Waals surface area contributed by atoms with Gasteiger partial charge in [-0.2, -0.15) is 0 Å². The first-order valence-corrected chi connectivity index (χ1v) is 5.77. The minimum atomic E-state index is -1.23. The zero-order valence-electron chi connectivity index (χ0n) is 9.19. The van der Waals surface area contributed by atoms with Crippen molar-refractivity contribution < 1.29 is 14.6 Å². The normalized spacial score (nSPS) is 17.0. The number of rotatable bonds is 2. The summed E-state index contributed by atoms with van der Waals surface area (Å²) in [5.41, 5.74) is 1.05. The van der Waals surface area contributed by atoms with Gasteiger partial charge >= 0.3 is 6.16 Å². The average molecular weight is 220 g/mol. The fourth-order valence-electron chi connectivity index (χ4n) is 2.42. The van der Waals surface area contributed by atoms with Gasteiger partial charge in [0, 0.05) is 0 Å². The molecule has 2 rings (SSSR count). The topological polar surface area (TPSA) is 46.5 Å². The van der Waals surface area contributed by atoms with E-state index in [9.17, 15) is 4.79 Å². The highest BCUT2D eigenvalue weighted by Crippen LogP contribution is 2.37. The molecule has 0 aromatic heterocycles. The maximum atomic E-state index is 10.6. The molecule has 16 heavy (non-hydrogen) atoms. The summed E-state index contributed by atoms with van der Waals surface area (Å²) in [6.45, 7) is 0. The van der Waals surface area contributed by atoms with E-state index < -0.39 is 6.16 Å². The number of carbonyl (C=O) groups is 1. The second-order valence-corrected chi connectivity index (χ2v) is 4.24. The third-order valence-corrected chi connectivity index (χ3v) is 3.16. The molecule has 1 aromatic carbocycles. The molecule has 1 aliphatic rings.